The number of hydrogen-bond acceptors (Lipinski definition) is 5. The van der Waals surface area contributed by atoms with Gasteiger partial charge in [-0.15, -0.1) is 11.3 Å². The van der Waals surface area contributed by atoms with Gasteiger partial charge < -0.3 is 15.4 Å². The number of ether oxygens (including phenoxy) is 1. The maximum atomic E-state index is 12.6. The lowest BCUT2D eigenvalue weighted by atomic mass is 10.1. The molecule has 0 fully saturated rings. The van der Waals surface area contributed by atoms with Crippen LogP contribution in [0.2, 0.25) is 10.0 Å². The molecule has 6 nitrogen and oxygen atoms in total. The van der Waals surface area contributed by atoms with Crippen LogP contribution in [0.5, 0.6) is 0 Å². The van der Waals surface area contributed by atoms with E-state index in [1.807, 2.05) is 6.92 Å². The lowest BCUT2D eigenvalue weighted by molar-refractivity contribution is 0.0601. The molecule has 1 aromatic heterocycles. The fourth-order valence-electron chi connectivity index (χ4n) is 2.47. The van der Waals surface area contributed by atoms with Crippen LogP contribution in [0.25, 0.3) is 0 Å². The molecule has 2 amide bonds. The lowest BCUT2D eigenvalue weighted by Crippen LogP contribution is -2.24. The molecule has 150 valence electrons. The molecule has 0 bridgehead atoms. The molecule has 0 atom stereocenters. The van der Waals surface area contributed by atoms with Gasteiger partial charge in [-0.05, 0) is 37.1 Å². The van der Waals surface area contributed by atoms with Gasteiger partial charge in [0.1, 0.15) is 5.00 Å². The minimum atomic E-state index is -0.640. The standard InChI is InChI=1S/C19H20Cl2N2O4S/c1-4-5-8-22-17(25)15-10(2)14(19(26)27-3)18(28-15)23-16(24)12-7-6-11(20)9-13(12)21/h6-7,9H,4-5,8H2,1-3H3,(H,22,25)(H,23,24). The van der Waals surface area contributed by atoms with Gasteiger partial charge in [0.05, 0.1) is 28.1 Å². The Labute approximate surface area is 177 Å². The topological polar surface area (TPSA) is 84.5 Å². The van der Waals surface area contributed by atoms with Crippen LogP contribution < -0.4 is 10.6 Å². The predicted octanol–water partition coefficient (Wildman–Crippen LogP) is 4.93. The maximum absolute atomic E-state index is 12.6. The third-order valence-electron chi connectivity index (χ3n) is 3.96. The zero-order valence-corrected chi connectivity index (χ0v) is 18.0. The van der Waals surface area contributed by atoms with E-state index >= 15 is 0 Å². The number of nitrogens with one attached hydrogen (secondary N) is 2. The second-order valence-corrected chi connectivity index (χ2v) is 7.80. The molecule has 0 unspecified atom stereocenters. The minimum absolute atomic E-state index is 0.145. The van der Waals surface area contributed by atoms with E-state index in [4.69, 9.17) is 27.9 Å². The molecule has 0 saturated carbocycles. The van der Waals surface area contributed by atoms with E-state index in [2.05, 4.69) is 10.6 Å². The normalized spacial score (nSPS) is 10.5. The van der Waals surface area contributed by atoms with Crippen LogP contribution in [0.15, 0.2) is 18.2 Å². The number of carbonyl (C=O) groups excluding carboxylic acids is 3. The number of benzene rings is 1. The fourth-order valence-corrected chi connectivity index (χ4v) is 4.07. The monoisotopic (exact) mass is 442 g/mol. The van der Waals surface area contributed by atoms with Crippen molar-refractivity contribution in [3.05, 3.63) is 49.8 Å². The summed E-state index contributed by atoms with van der Waals surface area (Å²) in [4.78, 5) is 37.7. The molecule has 0 aliphatic carbocycles. The summed E-state index contributed by atoms with van der Waals surface area (Å²) in [5.41, 5.74) is 0.789. The fraction of sp³-hybridized carbons (Fsp3) is 0.316. The molecule has 9 heteroatoms. The SMILES string of the molecule is CCCCNC(=O)c1sc(NC(=O)c2ccc(Cl)cc2Cl)c(C(=O)OC)c1C. The van der Waals surface area contributed by atoms with E-state index in [-0.39, 0.29) is 27.1 Å². The van der Waals surface area contributed by atoms with Crippen molar-refractivity contribution in [1.82, 2.24) is 5.32 Å². The number of anilines is 1. The molecule has 0 spiro atoms. The summed E-state index contributed by atoms with van der Waals surface area (Å²) in [7, 11) is 1.24. The smallest absolute Gasteiger partial charge is 0.341 e. The summed E-state index contributed by atoms with van der Waals surface area (Å²) in [5, 5.41) is 6.26. The van der Waals surface area contributed by atoms with Gasteiger partial charge in [0.2, 0.25) is 0 Å². The van der Waals surface area contributed by atoms with Gasteiger partial charge in [0, 0.05) is 11.6 Å². The van der Waals surface area contributed by atoms with Crippen molar-refractivity contribution < 1.29 is 19.1 Å². The second kappa shape index (κ2) is 9.91. The maximum Gasteiger partial charge on any atom is 0.341 e. The molecule has 28 heavy (non-hydrogen) atoms. The number of hydrogen-bond donors (Lipinski definition) is 2. The van der Waals surface area contributed by atoms with Gasteiger partial charge in [-0.3, -0.25) is 9.59 Å². The van der Waals surface area contributed by atoms with Gasteiger partial charge in [0.25, 0.3) is 11.8 Å². The Morgan fingerprint density at radius 1 is 1.18 bits per heavy atom. The third kappa shape index (κ3) is 5.04. The first-order valence-corrected chi connectivity index (χ1v) is 10.1. The Morgan fingerprint density at radius 3 is 2.50 bits per heavy atom. The highest BCUT2D eigenvalue weighted by Gasteiger charge is 2.26. The van der Waals surface area contributed by atoms with Crippen molar-refractivity contribution in [3.8, 4) is 0 Å². The molecule has 2 rings (SSSR count). The van der Waals surface area contributed by atoms with Crippen LogP contribution in [-0.2, 0) is 4.74 Å². The minimum Gasteiger partial charge on any atom is -0.465 e. The van der Waals surface area contributed by atoms with Crippen LogP contribution in [0.1, 0.15) is 55.7 Å². The highest BCUT2D eigenvalue weighted by atomic mass is 35.5. The Kier molecular flexibility index (Phi) is 7.86. The number of methoxy groups -OCH3 is 1. The van der Waals surface area contributed by atoms with Crippen molar-refractivity contribution in [2.45, 2.75) is 26.7 Å². The third-order valence-corrected chi connectivity index (χ3v) is 5.72. The zero-order chi connectivity index (χ0) is 20.8. The van der Waals surface area contributed by atoms with Crippen LogP contribution in [-0.4, -0.2) is 31.4 Å². The van der Waals surface area contributed by atoms with E-state index in [9.17, 15) is 14.4 Å². The molecule has 0 aliphatic heterocycles. The average molecular weight is 443 g/mol. The van der Waals surface area contributed by atoms with Crippen LogP contribution in [0.3, 0.4) is 0 Å². The van der Waals surface area contributed by atoms with Gasteiger partial charge in [-0.1, -0.05) is 36.5 Å². The summed E-state index contributed by atoms with van der Waals surface area (Å²) >= 11 is 13.0. The molecule has 0 radical (unpaired) electrons. The van der Waals surface area contributed by atoms with Crippen LogP contribution in [0, 0.1) is 6.92 Å². The van der Waals surface area contributed by atoms with Gasteiger partial charge in [-0.25, -0.2) is 4.79 Å². The van der Waals surface area contributed by atoms with E-state index in [0.717, 1.165) is 24.2 Å². The number of amides is 2. The summed E-state index contributed by atoms with van der Waals surface area (Å²) in [6, 6.07) is 4.47. The van der Waals surface area contributed by atoms with E-state index < -0.39 is 11.9 Å². The Balaban J connectivity index is 2.36. The van der Waals surface area contributed by atoms with E-state index in [0.29, 0.717) is 22.0 Å². The van der Waals surface area contributed by atoms with Gasteiger partial charge >= 0.3 is 5.97 Å². The molecule has 0 saturated heterocycles. The zero-order valence-electron chi connectivity index (χ0n) is 15.7. The second-order valence-electron chi connectivity index (χ2n) is 5.94. The first kappa shape index (κ1) is 22.2. The number of esters is 1. The summed E-state index contributed by atoms with van der Waals surface area (Å²) in [6.07, 6.45) is 1.79. The molecule has 2 aromatic rings. The Hall–Kier alpha value is -2.09. The Bertz CT molecular complexity index is 912. The number of thiophene rings is 1. The predicted molar refractivity (Wildman–Crippen MR) is 112 cm³/mol. The van der Waals surface area contributed by atoms with Crippen molar-refractivity contribution in [2.24, 2.45) is 0 Å². The van der Waals surface area contributed by atoms with Crippen molar-refractivity contribution in [1.29, 1.82) is 0 Å². The first-order chi connectivity index (χ1) is 13.3. The number of unbranched alkanes of at least 4 members (excludes halogenated alkanes) is 1. The molecular formula is C19H20Cl2N2O4S. The highest BCUT2D eigenvalue weighted by molar-refractivity contribution is 7.18. The quantitative estimate of drug-likeness (QED) is 0.469. The van der Waals surface area contributed by atoms with E-state index in [1.165, 1.54) is 25.3 Å². The van der Waals surface area contributed by atoms with Crippen molar-refractivity contribution in [3.63, 3.8) is 0 Å². The van der Waals surface area contributed by atoms with Crippen LogP contribution in [0.4, 0.5) is 5.00 Å². The van der Waals surface area contributed by atoms with Gasteiger partial charge in [-0.2, -0.15) is 0 Å². The van der Waals surface area contributed by atoms with Crippen molar-refractivity contribution >= 4 is 57.3 Å². The van der Waals surface area contributed by atoms with Crippen LogP contribution >= 0.6 is 34.5 Å². The number of carbonyl (C=O) groups is 3. The average Bonchev–Trinajstić information content (AvgIpc) is 2.97. The Morgan fingerprint density at radius 2 is 1.89 bits per heavy atom. The molecule has 1 aromatic carbocycles. The van der Waals surface area contributed by atoms with Crippen molar-refractivity contribution in [2.75, 3.05) is 19.0 Å². The van der Waals surface area contributed by atoms with E-state index in [1.54, 1.807) is 6.92 Å². The first-order valence-electron chi connectivity index (χ1n) is 8.56. The summed E-state index contributed by atoms with van der Waals surface area (Å²) in [5.74, 6) is -1.46. The molecule has 0 aliphatic rings. The largest absolute Gasteiger partial charge is 0.465 e. The molecular weight excluding hydrogens is 423 g/mol. The van der Waals surface area contributed by atoms with Gasteiger partial charge in [0.15, 0.2) is 0 Å². The lowest BCUT2D eigenvalue weighted by Gasteiger charge is -2.07. The number of halogens is 2. The summed E-state index contributed by atoms with van der Waals surface area (Å²) in [6.45, 7) is 4.19. The summed E-state index contributed by atoms with van der Waals surface area (Å²) < 4.78 is 4.82. The number of rotatable bonds is 7. The molecule has 1 heterocycles. The molecule has 2 N–H and O–H groups in total. The highest BCUT2D eigenvalue weighted by Crippen LogP contribution is 2.34.